The van der Waals surface area contributed by atoms with E-state index in [0.29, 0.717) is 86.4 Å². The first-order valence-corrected chi connectivity index (χ1v) is 13.5. The monoisotopic (exact) mass is 523 g/mol. The number of nitrogens with zero attached hydrogens (tertiary/aromatic N) is 4. The molecular formula is C27H33N5O6. The van der Waals surface area contributed by atoms with Crippen molar-refractivity contribution in [1.29, 1.82) is 0 Å². The Labute approximate surface area is 221 Å². The largest absolute Gasteiger partial charge is 0.492 e. The number of carbonyl (C=O) groups excluding carboxylic acids is 2. The second-order valence-corrected chi connectivity index (χ2v) is 10.2. The smallest absolute Gasteiger partial charge is 0.409 e. The summed E-state index contributed by atoms with van der Waals surface area (Å²) in [6, 6.07) is 3.59. The summed E-state index contributed by atoms with van der Waals surface area (Å²) in [5, 5.41) is 3.04. The van der Waals surface area contributed by atoms with Crippen molar-refractivity contribution in [3.63, 3.8) is 0 Å². The lowest BCUT2D eigenvalue weighted by Crippen LogP contribution is -2.40. The molecule has 38 heavy (non-hydrogen) atoms. The fraction of sp³-hybridized carbons (Fsp3) is 0.556. The average Bonchev–Trinajstić information content (AvgIpc) is 3.29. The zero-order valence-electron chi connectivity index (χ0n) is 21.6. The van der Waals surface area contributed by atoms with Crippen molar-refractivity contribution in [3.05, 3.63) is 24.0 Å². The second-order valence-electron chi connectivity index (χ2n) is 10.2. The van der Waals surface area contributed by atoms with Crippen LogP contribution in [0.1, 0.15) is 38.2 Å². The van der Waals surface area contributed by atoms with Gasteiger partial charge in [-0.2, -0.15) is 0 Å². The maximum absolute atomic E-state index is 13.1. The van der Waals surface area contributed by atoms with Crippen molar-refractivity contribution < 1.29 is 28.5 Å². The van der Waals surface area contributed by atoms with E-state index in [4.69, 9.17) is 18.9 Å². The summed E-state index contributed by atoms with van der Waals surface area (Å²) in [5.41, 5.74) is 2.36. The molecule has 1 atom stereocenters. The minimum Gasteiger partial charge on any atom is -0.492 e. The molecule has 11 nitrogen and oxygen atoms in total. The van der Waals surface area contributed by atoms with Gasteiger partial charge in [-0.1, -0.05) is 0 Å². The fourth-order valence-corrected chi connectivity index (χ4v) is 5.33. The number of urea groups is 1. The predicted octanol–water partition coefficient (Wildman–Crippen LogP) is 3.60. The van der Waals surface area contributed by atoms with Crippen LogP contribution in [-0.4, -0.2) is 73.2 Å². The number of benzene rings is 1. The van der Waals surface area contributed by atoms with E-state index in [-0.39, 0.29) is 18.9 Å². The van der Waals surface area contributed by atoms with E-state index in [1.165, 1.54) is 19.2 Å². The Kier molecular flexibility index (Phi) is 6.82. The molecule has 1 N–H and O–H groups in total. The Hall–Kier alpha value is -3.76. The molecule has 4 aliphatic rings. The number of likely N-dealkylation sites (tertiary alicyclic amines) is 1. The molecular weight excluding hydrogens is 490 g/mol. The first-order chi connectivity index (χ1) is 18.6. The molecule has 0 bridgehead atoms. The molecule has 1 aliphatic carbocycles. The van der Waals surface area contributed by atoms with E-state index in [1.54, 1.807) is 9.80 Å². The van der Waals surface area contributed by atoms with Crippen LogP contribution in [0.4, 0.5) is 15.4 Å². The van der Waals surface area contributed by atoms with Crippen molar-refractivity contribution in [2.45, 2.75) is 39.0 Å². The molecule has 4 heterocycles. The number of hydrogen-bond donors (Lipinski definition) is 1. The maximum atomic E-state index is 13.1. The molecule has 3 aliphatic heterocycles. The standard InChI is InChI=1S/C27H33N5O6/c1-2-35-27(34)31-11-8-17(13-31)7-10-28-26(33)32-12-9-19-23(29-15-30-25(19)32)22-20(36-14-18-3-4-18)5-6-21-24(22)38-16-37-21/h5-6,15,17-18H,2-4,7-14,16H2,1H3,(H,28,33). The molecule has 6 rings (SSSR count). The quantitative estimate of drug-likeness (QED) is 0.558. The minimum absolute atomic E-state index is 0.148. The maximum Gasteiger partial charge on any atom is 0.409 e. The van der Waals surface area contributed by atoms with Gasteiger partial charge in [-0.15, -0.1) is 0 Å². The number of amides is 3. The zero-order valence-corrected chi connectivity index (χ0v) is 21.6. The van der Waals surface area contributed by atoms with Crippen LogP contribution >= 0.6 is 0 Å². The highest BCUT2D eigenvalue weighted by atomic mass is 16.7. The molecule has 2 aromatic rings. The lowest BCUT2D eigenvalue weighted by atomic mass is 10.0. The third-order valence-corrected chi connectivity index (χ3v) is 7.56. The van der Waals surface area contributed by atoms with Gasteiger partial charge in [0.2, 0.25) is 6.79 Å². The number of aromatic nitrogens is 2. The molecule has 1 aromatic carbocycles. The van der Waals surface area contributed by atoms with Crippen LogP contribution in [0.2, 0.25) is 0 Å². The van der Waals surface area contributed by atoms with Crippen molar-refractivity contribution in [2.75, 3.05) is 51.1 Å². The van der Waals surface area contributed by atoms with E-state index in [2.05, 4.69) is 15.3 Å². The molecule has 1 aromatic heterocycles. The number of carbonyl (C=O) groups is 2. The molecule has 1 saturated carbocycles. The third kappa shape index (κ3) is 4.89. The van der Waals surface area contributed by atoms with Crippen molar-refractivity contribution in [2.24, 2.45) is 11.8 Å². The highest BCUT2D eigenvalue weighted by Crippen LogP contribution is 2.49. The Morgan fingerprint density at radius 1 is 1.13 bits per heavy atom. The summed E-state index contributed by atoms with van der Waals surface area (Å²) in [6.07, 6.45) is 5.95. The lowest BCUT2D eigenvalue weighted by molar-refractivity contribution is 0.114. The van der Waals surface area contributed by atoms with Crippen LogP contribution in [-0.2, 0) is 11.2 Å². The van der Waals surface area contributed by atoms with Crippen LogP contribution < -0.4 is 24.4 Å². The van der Waals surface area contributed by atoms with Gasteiger partial charge >= 0.3 is 12.1 Å². The van der Waals surface area contributed by atoms with Crippen LogP contribution in [0.25, 0.3) is 11.3 Å². The van der Waals surface area contributed by atoms with Gasteiger partial charge in [-0.25, -0.2) is 19.6 Å². The summed E-state index contributed by atoms with van der Waals surface area (Å²) < 4.78 is 22.7. The highest BCUT2D eigenvalue weighted by Gasteiger charge is 2.34. The lowest BCUT2D eigenvalue weighted by Gasteiger charge is -2.19. The Morgan fingerprint density at radius 3 is 2.87 bits per heavy atom. The molecule has 0 radical (unpaired) electrons. The van der Waals surface area contributed by atoms with Crippen molar-refractivity contribution in [1.82, 2.24) is 20.2 Å². The molecule has 0 spiro atoms. The van der Waals surface area contributed by atoms with Crippen molar-refractivity contribution >= 4 is 17.9 Å². The predicted molar refractivity (Wildman–Crippen MR) is 138 cm³/mol. The van der Waals surface area contributed by atoms with Gasteiger partial charge in [-0.05, 0) is 63.0 Å². The fourth-order valence-electron chi connectivity index (χ4n) is 5.33. The van der Waals surface area contributed by atoms with E-state index >= 15 is 0 Å². The van der Waals surface area contributed by atoms with E-state index < -0.39 is 0 Å². The molecule has 11 heteroatoms. The van der Waals surface area contributed by atoms with Gasteiger partial charge in [0.05, 0.1) is 24.5 Å². The summed E-state index contributed by atoms with van der Waals surface area (Å²) in [5.74, 6) is 3.53. The Bertz CT molecular complexity index is 1220. The number of anilines is 1. The molecule has 1 saturated heterocycles. The molecule has 202 valence electrons. The van der Waals surface area contributed by atoms with Gasteiger partial charge < -0.3 is 29.2 Å². The second kappa shape index (κ2) is 10.5. The Morgan fingerprint density at radius 2 is 2.03 bits per heavy atom. The van der Waals surface area contributed by atoms with E-state index in [9.17, 15) is 9.59 Å². The molecule has 1 unspecified atom stereocenters. The normalized spacial score (nSPS) is 19.4. The van der Waals surface area contributed by atoms with Gasteiger partial charge in [0.25, 0.3) is 0 Å². The number of hydrogen-bond acceptors (Lipinski definition) is 8. The zero-order chi connectivity index (χ0) is 26.1. The van der Waals surface area contributed by atoms with Crippen LogP contribution in [0.5, 0.6) is 17.2 Å². The van der Waals surface area contributed by atoms with Gasteiger partial charge in [0.15, 0.2) is 11.5 Å². The van der Waals surface area contributed by atoms with Gasteiger partial charge in [0.1, 0.15) is 17.9 Å². The van der Waals surface area contributed by atoms with Gasteiger partial charge in [-0.3, -0.25) is 4.90 Å². The van der Waals surface area contributed by atoms with Crippen LogP contribution in [0, 0.1) is 11.8 Å². The number of ether oxygens (including phenoxy) is 4. The third-order valence-electron chi connectivity index (χ3n) is 7.56. The first kappa shape index (κ1) is 24.6. The highest BCUT2D eigenvalue weighted by molar-refractivity contribution is 5.95. The van der Waals surface area contributed by atoms with Crippen LogP contribution in [0.15, 0.2) is 18.5 Å². The summed E-state index contributed by atoms with van der Waals surface area (Å²) in [7, 11) is 0. The Balaban J connectivity index is 1.14. The first-order valence-electron chi connectivity index (χ1n) is 13.5. The molecule has 2 fully saturated rings. The van der Waals surface area contributed by atoms with Crippen molar-refractivity contribution in [3.8, 4) is 28.5 Å². The van der Waals surface area contributed by atoms with E-state index in [0.717, 1.165) is 24.0 Å². The summed E-state index contributed by atoms with van der Waals surface area (Å²) in [6.45, 7) is 5.39. The summed E-state index contributed by atoms with van der Waals surface area (Å²) >= 11 is 0. The number of rotatable bonds is 8. The topological polar surface area (TPSA) is 115 Å². The number of nitrogens with one attached hydrogen (secondary N) is 1. The summed E-state index contributed by atoms with van der Waals surface area (Å²) in [4.78, 5) is 37.6. The molecule has 3 amide bonds. The van der Waals surface area contributed by atoms with E-state index in [1.807, 2.05) is 19.1 Å². The number of fused-ring (bicyclic) bond motifs is 2. The average molecular weight is 524 g/mol. The minimum atomic E-state index is -0.259. The van der Waals surface area contributed by atoms with Crippen LogP contribution in [0.3, 0.4) is 0 Å². The van der Waals surface area contributed by atoms with Gasteiger partial charge in [0, 0.05) is 31.7 Å². The SMILES string of the molecule is CCOC(=O)N1CCC(CCNC(=O)N2CCc3c(-c4c(OCC5CC5)ccc5c4OCO5)ncnc32)C1.